The second-order valence-electron chi connectivity index (χ2n) is 7.34. The highest BCUT2D eigenvalue weighted by molar-refractivity contribution is 7.92. The highest BCUT2D eigenvalue weighted by Gasteiger charge is 2.24. The first kappa shape index (κ1) is 24.6. The molecule has 3 heterocycles. The Kier molecular flexibility index (Phi) is 7.29. The van der Waals surface area contributed by atoms with Gasteiger partial charge in [0.25, 0.3) is 10.0 Å². The zero-order valence-corrected chi connectivity index (χ0v) is 20.3. The molecule has 182 valence electrons. The molecule has 1 aromatic carbocycles. The van der Waals surface area contributed by atoms with E-state index in [0.29, 0.717) is 24.5 Å². The van der Waals surface area contributed by atoms with Crippen LogP contribution >= 0.6 is 11.6 Å². The second kappa shape index (κ2) is 10.4. The third-order valence-electron chi connectivity index (χ3n) is 5.03. The van der Waals surface area contributed by atoms with Crippen LogP contribution in [0.25, 0.3) is 21.9 Å². The van der Waals surface area contributed by atoms with Gasteiger partial charge in [0, 0.05) is 43.2 Å². The molecule has 2 N–H and O–H groups in total. The average molecular weight is 518 g/mol. The van der Waals surface area contributed by atoms with Gasteiger partial charge in [-0.15, -0.1) is 0 Å². The van der Waals surface area contributed by atoms with Gasteiger partial charge in [0.05, 0.1) is 18.7 Å². The van der Waals surface area contributed by atoms with Gasteiger partial charge in [-0.1, -0.05) is 23.7 Å². The zero-order chi connectivity index (χ0) is 25.0. The van der Waals surface area contributed by atoms with E-state index in [9.17, 15) is 8.42 Å². The van der Waals surface area contributed by atoms with Gasteiger partial charge in [0.2, 0.25) is 5.88 Å². The van der Waals surface area contributed by atoms with Gasteiger partial charge in [0.1, 0.15) is 5.82 Å². The number of rotatable bonds is 9. The lowest BCUT2D eigenvalue weighted by Gasteiger charge is -2.13. The average Bonchev–Trinajstić information content (AvgIpc) is 2.85. The molecule has 3 aromatic heterocycles. The lowest BCUT2D eigenvalue weighted by Crippen LogP contribution is -2.17. The van der Waals surface area contributed by atoms with Crippen LogP contribution in [0.5, 0.6) is 5.88 Å². The molecule has 0 atom stereocenters. The van der Waals surface area contributed by atoms with Crippen LogP contribution in [0.15, 0.2) is 59.9 Å². The molecule has 4 rings (SSSR count). The highest BCUT2D eigenvalue weighted by Crippen LogP contribution is 2.31. The Labute approximate surface area is 206 Å². The summed E-state index contributed by atoms with van der Waals surface area (Å²) in [7, 11) is -1.41. The summed E-state index contributed by atoms with van der Waals surface area (Å²) in [4.78, 5) is 11.7. The third kappa shape index (κ3) is 5.42. The van der Waals surface area contributed by atoms with Gasteiger partial charge in [-0.2, -0.15) is 0 Å². The van der Waals surface area contributed by atoms with E-state index in [0.717, 1.165) is 16.8 Å². The SMILES string of the molecule is COCCNc1cc2ccc(-c3ccnc(NS(=O)(=O)c4cc(Cl)cnc4OC)c3F)cc2cn1. The van der Waals surface area contributed by atoms with Gasteiger partial charge in [-0.3, -0.25) is 4.72 Å². The Bertz CT molecular complexity index is 1490. The minimum Gasteiger partial charge on any atom is -0.480 e. The van der Waals surface area contributed by atoms with E-state index in [1.807, 2.05) is 12.1 Å². The maximum Gasteiger partial charge on any atom is 0.268 e. The number of aromatic nitrogens is 3. The smallest absolute Gasteiger partial charge is 0.268 e. The first-order valence-corrected chi connectivity index (χ1v) is 12.2. The Morgan fingerprint density at radius 3 is 2.63 bits per heavy atom. The Hall–Kier alpha value is -3.54. The molecule has 0 amide bonds. The van der Waals surface area contributed by atoms with Crippen LogP contribution < -0.4 is 14.8 Å². The van der Waals surface area contributed by atoms with Crippen LogP contribution in [-0.4, -0.2) is 50.7 Å². The molecule has 12 heteroatoms. The lowest BCUT2D eigenvalue weighted by atomic mass is 10.0. The van der Waals surface area contributed by atoms with Crippen molar-refractivity contribution in [3.63, 3.8) is 0 Å². The van der Waals surface area contributed by atoms with Gasteiger partial charge in [-0.25, -0.2) is 27.8 Å². The Balaban J connectivity index is 1.65. The molecule has 0 aliphatic rings. The summed E-state index contributed by atoms with van der Waals surface area (Å²) in [5, 5.41) is 4.92. The number of hydrogen-bond donors (Lipinski definition) is 2. The van der Waals surface area contributed by atoms with Crippen molar-refractivity contribution in [2.24, 2.45) is 0 Å². The summed E-state index contributed by atoms with van der Waals surface area (Å²) in [6.45, 7) is 1.16. The fraction of sp³-hybridized carbons (Fsp3) is 0.174. The molecule has 9 nitrogen and oxygen atoms in total. The molecule has 0 radical (unpaired) electrons. The summed E-state index contributed by atoms with van der Waals surface area (Å²) >= 11 is 5.89. The number of nitrogens with zero attached hydrogens (tertiary/aromatic N) is 3. The van der Waals surface area contributed by atoms with Gasteiger partial charge in [0.15, 0.2) is 16.5 Å². The number of benzene rings is 1. The topological polar surface area (TPSA) is 115 Å². The van der Waals surface area contributed by atoms with Gasteiger partial charge in [-0.05, 0) is 35.2 Å². The lowest BCUT2D eigenvalue weighted by molar-refractivity contribution is 0.210. The molecule has 0 saturated heterocycles. The number of fused-ring (bicyclic) bond motifs is 1. The molecule has 0 fully saturated rings. The maximum absolute atomic E-state index is 15.4. The van der Waals surface area contributed by atoms with E-state index in [2.05, 4.69) is 25.0 Å². The summed E-state index contributed by atoms with van der Waals surface area (Å²) in [6.07, 6.45) is 4.23. The predicted octanol–water partition coefficient (Wildman–Crippen LogP) is 4.35. The van der Waals surface area contributed by atoms with Crippen molar-refractivity contribution in [3.8, 4) is 17.0 Å². The van der Waals surface area contributed by atoms with Gasteiger partial charge < -0.3 is 14.8 Å². The molecule has 4 aromatic rings. The molecule has 0 unspecified atom stereocenters. The zero-order valence-electron chi connectivity index (χ0n) is 18.7. The van der Waals surface area contributed by atoms with E-state index < -0.39 is 21.7 Å². The van der Waals surface area contributed by atoms with Crippen molar-refractivity contribution in [1.29, 1.82) is 0 Å². The Morgan fingerprint density at radius 2 is 1.86 bits per heavy atom. The van der Waals surface area contributed by atoms with Crippen molar-refractivity contribution in [2.75, 3.05) is 37.4 Å². The standard InChI is InChI=1S/C23H21ClFN5O4S/c1-33-8-7-26-20-10-14-3-4-15(9-16(14)12-28-20)18-5-6-27-22(21(18)25)30-35(31,32)19-11-17(24)13-29-23(19)34-2/h3-6,9-13H,7-8H2,1-2H3,(H,26,28)(H,27,30). The highest BCUT2D eigenvalue weighted by atomic mass is 35.5. The molecular formula is C23H21ClFN5O4S. The van der Waals surface area contributed by atoms with E-state index in [1.165, 1.54) is 25.6 Å². The second-order valence-corrected chi connectivity index (χ2v) is 9.43. The van der Waals surface area contributed by atoms with Crippen molar-refractivity contribution < 1.29 is 22.3 Å². The first-order valence-electron chi connectivity index (χ1n) is 10.3. The van der Waals surface area contributed by atoms with Crippen LogP contribution in [-0.2, 0) is 14.8 Å². The normalized spacial score (nSPS) is 11.4. The van der Waals surface area contributed by atoms with Crippen LogP contribution in [0.1, 0.15) is 0 Å². The molecule has 0 saturated carbocycles. The summed E-state index contributed by atoms with van der Waals surface area (Å²) < 4.78 is 53.4. The van der Waals surface area contributed by atoms with Crippen LogP contribution in [0.4, 0.5) is 16.0 Å². The fourth-order valence-electron chi connectivity index (χ4n) is 3.36. The van der Waals surface area contributed by atoms with Crippen molar-refractivity contribution in [2.45, 2.75) is 4.90 Å². The van der Waals surface area contributed by atoms with E-state index in [-0.39, 0.29) is 21.4 Å². The van der Waals surface area contributed by atoms with Crippen LogP contribution in [0.3, 0.4) is 0 Å². The molecular weight excluding hydrogens is 497 g/mol. The molecule has 0 spiro atoms. The number of sulfonamides is 1. The fourth-order valence-corrected chi connectivity index (χ4v) is 4.74. The van der Waals surface area contributed by atoms with E-state index in [1.54, 1.807) is 25.4 Å². The predicted molar refractivity (Wildman–Crippen MR) is 132 cm³/mol. The Morgan fingerprint density at radius 1 is 1.03 bits per heavy atom. The third-order valence-corrected chi connectivity index (χ3v) is 6.57. The van der Waals surface area contributed by atoms with Crippen molar-refractivity contribution in [1.82, 2.24) is 15.0 Å². The summed E-state index contributed by atoms with van der Waals surface area (Å²) in [5.74, 6) is -0.799. The minimum atomic E-state index is -4.30. The van der Waals surface area contributed by atoms with Crippen molar-refractivity contribution >= 4 is 44.0 Å². The molecule has 0 bridgehead atoms. The number of halogens is 2. The van der Waals surface area contributed by atoms with Gasteiger partial charge >= 0.3 is 0 Å². The largest absolute Gasteiger partial charge is 0.480 e. The minimum absolute atomic E-state index is 0.0789. The van der Waals surface area contributed by atoms with Crippen LogP contribution in [0, 0.1) is 5.82 Å². The number of pyridine rings is 3. The van der Waals surface area contributed by atoms with Crippen LogP contribution in [0.2, 0.25) is 5.02 Å². The summed E-state index contributed by atoms with van der Waals surface area (Å²) in [5.41, 5.74) is 0.694. The van der Waals surface area contributed by atoms with E-state index in [4.69, 9.17) is 21.1 Å². The number of methoxy groups -OCH3 is 2. The molecule has 35 heavy (non-hydrogen) atoms. The first-order chi connectivity index (χ1) is 16.8. The number of hydrogen-bond acceptors (Lipinski definition) is 8. The quantitative estimate of drug-likeness (QED) is 0.315. The number of nitrogens with one attached hydrogen (secondary N) is 2. The number of anilines is 2. The maximum atomic E-state index is 15.4. The van der Waals surface area contributed by atoms with E-state index >= 15 is 4.39 Å². The number of ether oxygens (including phenoxy) is 2. The molecule has 0 aliphatic carbocycles. The van der Waals surface area contributed by atoms with Crippen molar-refractivity contribution in [3.05, 3.63) is 65.8 Å². The monoisotopic (exact) mass is 517 g/mol. The summed E-state index contributed by atoms with van der Waals surface area (Å²) in [6, 6.07) is 9.84. The molecule has 0 aliphatic heterocycles.